The fourth-order valence-electron chi connectivity index (χ4n) is 1.25. The number of fused-ring (bicyclic) bond motifs is 1. The van der Waals surface area contributed by atoms with Crippen LogP contribution in [0, 0.1) is 5.82 Å². The fraction of sp³-hybridized carbons (Fsp3) is 0. The molecule has 0 saturated carbocycles. The quantitative estimate of drug-likeness (QED) is 0.727. The van der Waals surface area contributed by atoms with Gasteiger partial charge in [0.15, 0.2) is 0 Å². The maximum absolute atomic E-state index is 13.6. The Bertz CT molecular complexity index is 485. The summed E-state index contributed by atoms with van der Waals surface area (Å²) >= 11 is 6.79. The van der Waals surface area contributed by atoms with Crippen LogP contribution in [0.3, 0.4) is 0 Å². The van der Waals surface area contributed by atoms with Crippen LogP contribution in [0.25, 0.3) is 10.1 Å². The van der Waals surface area contributed by atoms with Crippen molar-refractivity contribution < 1.29 is 14.4 Å². The van der Waals surface area contributed by atoms with Crippen LogP contribution in [-0.4, -0.2) is 17.2 Å². The Hall–Kier alpha value is -0.615. The van der Waals surface area contributed by atoms with E-state index in [1.54, 1.807) is 12.1 Å². The minimum atomic E-state index is -1.79. The first-order valence-electron chi connectivity index (χ1n) is 3.83. The third-order valence-corrected chi connectivity index (χ3v) is 3.18. The van der Waals surface area contributed by atoms with Gasteiger partial charge in [-0.05, 0) is 11.5 Å². The van der Waals surface area contributed by atoms with E-state index < -0.39 is 12.9 Å². The number of hydrogen-bond donors (Lipinski definition) is 2. The van der Waals surface area contributed by atoms with E-state index in [1.807, 2.05) is 0 Å². The fourth-order valence-corrected chi connectivity index (χ4v) is 2.43. The second kappa shape index (κ2) is 3.51. The van der Waals surface area contributed by atoms with Crippen molar-refractivity contribution in [2.75, 3.05) is 0 Å². The van der Waals surface area contributed by atoms with Gasteiger partial charge in [-0.25, -0.2) is 4.39 Å². The third-order valence-electron chi connectivity index (χ3n) is 1.90. The minimum Gasteiger partial charge on any atom is -0.423 e. The summed E-state index contributed by atoms with van der Waals surface area (Å²) in [4.78, 5) is 0. The van der Waals surface area contributed by atoms with Crippen LogP contribution < -0.4 is 5.46 Å². The summed E-state index contributed by atoms with van der Waals surface area (Å²) < 4.78 is 14.4. The van der Waals surface area contributed by atoms with E-state index in [4.69, 9.17) is 21.6 Å². The molecule has 2 N–H and O–H groups in total. The monoisotopic (exact) mass is 230 g/mol. The highest BCUT2D eigenvalue weighted by molar-refractivity contribution is 7.22. The zero-order valence-electron chi connectivity index (χ0n) is 6.87. The number of halogens is 2. The maximum atomic E-state index is 13.6. The maximum Gasteiger partial charge on any atom is 0.491 e. The Morgan fingerprint density at radius 1 is 1.36 bits per heavy atom. The summed E-state index contributed by atoms with van der Waals surface area (Å²) in [7, 11) is -1.79. The molecule has 14 heavy (non-hydrogen) atoms. The topological polar surface area (TPSA) is 40.5 Å². The zero-order valence-corrected chi connectivity index (χ0v) is 8.44. The van der Waals surface area contributed by atoms with E-state index >= 15 is 0 Å². The molecule has 2 nitrogen and oxygen atoms in total. The molecule has 0 aliphatic carbocycles. The predicted octanol–water partition coefficient (Wildman–Crippen LogP) is 1.37. The minimum absolute atomic E-state index is 0.129. The Balaban J connectivity index is 2.74. The van der Waals surface area contributed by atoms with Crippen molar-refractivity contribution in [3.05, 3.63) is 28.4 Å². The molecule has 6 heteroatoms. The normalized spacial score (nSPS) is 10.9. The van der Waals surface area contributed by atoms with Gasteiger partial charge in [-0.15, -0.1) is 11.3 Å². The molecule has 1 heterocycles. The Labute approximate surface area is 88.7 Å². The standard InChI is InChI=1S/C8H5BClFO2S/c10-6-3-4-1-2-5(9(12)13)7(11)8(4)14-6/h1-3,12-13H. The molecule has 0 aliphatic heterocycles. The lowest BCUT2D eigenvalue weighted by atomic mass is 9.80. The van der Waals surface area contributed by atoms with E-state index in [9.17, 15) is 4.39 Å². The van der Waals surface area contributed by atoms with Gasteiger partial charge < -0.3 is 10.0 Å². The lowest BCUT2D eigenvalue weighted by Gasteiger charge is -2.01. The summed E-state index contributed by atoms with van der Waals surface area (Å²) in [5.74, 6) is -0.616. The van der Waals surface area contributed by atoms with Crippen molar-refractivity contribution >= 4 is 45.6 Å². The molecule has 72 valence electrons. The molecule has 0 fully saturated rings. The van der Waals surface area contributed by atoms with Gasteiger partial charge in [0, 0.05) is 5.46 Å². The van der Waals surface area contributed by atoms with Crippen molar-refractivity contribution in [2.24, 2.45) is 0 Å². The number of thiophene rings is 1. The molecule has 2 rings (SSSR count). The molecule has 0 bridgehead atoms. The first kappa shape index (κ1) is 9.92. The van der Waals surface area contributed by atoms with Gasteiger partial charge in [0.2, 0.25) is 0 Å². The highest BCUT2D eigenvalue weighted by atomic mass is 35.5. The summed E-state index contributed by atoms with van der Waals surface area (Å²) in [6.45, 7) is 0. The van der Waals surface area contributed by atoms with Gasteiger partial charge in [-0.2, -0.15) is 0 Å². The SMILES string of the molecule is OB(O)c1ccc2cc(Cl)sc2c1F. The van der Waals surface area contributed by atoms with E-state index in [0.29, 0.717) is 14.4 Å². The molecular weight excluding hydrogens is 225 g/mol. The average molecular weight is 230 g/mol. The Morgan fingerprint density at radius 3 is 2.71 bits per heavy atom. The van der Waals surface area contributed by atoms with Gasteiger partial charge in [-0.1, -0.05) is 23.7 Å². The van der Waals surface area contributed by atoms with Crippen LogP contribution in [0.5, 0.6) is 0 Å². The first-order chi connectivity index (χ1) is 6.59. The molecule has 0 unspecified atom stereocenters. The lowest BCUT2D eigenvalue weighted by Crippen LogP contribution is -2.32. The summed E-state index contributed by atoms with van der Waals surface area (Å²) in [6, 6.07) is 4.58. The van der Waals surface area contributed by atoms with Crippen LogP contribution in [-0.2, 0) is 0 Å². The molecule has 1 aromatic heterocycles. The molecule has 2 aromatic rings. The summed E-state index contributed by atoms with van der Waals surface area (Å²) in [6.07, 6.45) is 0. The van der Waals surface area contributed by atoms with Gasteiger partial charge in [0.05, 0.1) is 9.04 Å². The van der Waals surface area contributed by atoms with E-state index in [2.05, 4.69) is 0 Å². The molecule has 0 amide bonds. The van der Waals surface area contributed by atoms with Crippen molar-refractivity contribution in [1.82, 2.24) is 0 Å². The first-order valence-corrected chi connectivity index (χ1v) is 5.02. The van der Waals surface area contributed by atoms with Gasteiger partial charge in [0.25, 0.3) is 0 Å². The van der Waals surface area contributed by atoms with Crippen molar-refractivity contribution in [3.63, 3.8) is 0 Å². The molecule has 0 spiro atoms. The highest BCUT2D eigenvalue weighted by Gasteiger charge is 2.19. The Morgan fingerprint density at radius 2 is 2.07 bits per heavy atom. The van der Waals surface area contributed by atoms with Crippen molar-refractivity contribution in [1.29, 1.82) is 0 Å². The van der Waals surface area contributed by atoms with E-state index in [1.165, 1.54) is 6.07 Å². The van der Waals surface area contributed by atoms with Crippen LogP contribution in [0.4, 0.5) is 4.39 Å². The van der Waals surface area contributed by atoms with E-state index in [0.717, 1.165) is 11.3 Å². The van der Waals surface area contributed by atoms with Crippen LogP contribution >= 0.6 is 22.9 Å². The largest absolute Gasteiger partial charge is 0.491 e. The van der Waals surface area contributed by atoms with Gasteiger partial charge >= 0.3 is 7.12 Å². The molecule has 0 radical (unpaired) electrons. The van der Waals surface area contributed by atoms with Crippen molar-refractivity contribution in [3.8, 4) is 0 Å². The third kappa shape index (κ3) is 1.52. The molecule has 1 aromatic carbocycles. The van der Waals surface area contributed by atoms with Gasteiger partial charge in [0.1, 0.15) is 5.82 Å². The van der Waals surface area contributed by atoms with Crippen LogP contribution in [0.1, 0.15) is 0 Å². The number of rotatable bonds is 1. The average Bonchev–Trinajstić information content (AvgIpc) is 2.46. The number of benzene rings is 1. The molecule has 0 aliphatic rings. The second-order valence-electron chi connectivity index (χ2n) is 2.81. The zero-order chi connectivity index (χ0) is 10.3. The van der Waals surface area contributed by atoms with E-state index in [-0.39, 0.29) is 5.46 Å². The van der Waals surface area contributed by atoms with Gasteiger partial charge in [-0.3, -0.25) is 0 Å². The van der Waals surface area contributed by atoms with Crippen molar-refractivity contribution in [2.45, 2.75) is 0 Å². The highest BCUT2D eigenvalue weighted by Crippen LogP contribution is 2.30. The number of hydrogen-bond acceptors (Lipinski definition) is 3. The predicted molar refractivity (Wildman–Crippen MR) is 56.6 cm³/mol. The summed E-state index contributed by atoms with van der Waals surface area (Å²) in [5.41, 5.74) is -0.129. The van der Waals surface area contributed by atoms with Crippen LogP contribution in [0.15, 0.2) is 18.2 Å². The molecular formula is C8H5BClFO2S. The molecule has 0 atom stereocenters. The Kier molecular flexibility index (Phi) is 2.49. The smallest absolute Gasteiger partial charge is 0.423 e. The van der Waals surface area contributed by atoms with Crippen LogP contribution in [0.2, 0.25) is 4.34 Å². The molecule has 0 saturated heterocycles. The lowest BCUT2D eigenvalue weighted by molar-refractivity contribution is 0.423. The summed E-state index contributed by atoms with van der Waals surface area (Å²) in [5, 5.41) is 18.4. The second-order valence-corrected chi connectivity index (χ2v) is 4.49.